The summed E-state index contributed by atoms with van der Waals surface area (Å²) in [4.78, 5) is 16.7. The number of nitrogens with zero attached hydrogens (tertiary/aromatic N) is 1. The molecule has 22 heavy (non-hydrogen) atoms. The van der Waals surface area contributed by atoms with E-state index in [4.69, 9.17) is 4.42 Å². The van der Waals surface area contributed by atoms with Crippen LogP contribution in [0.2, 0.25) is 0 Å². The minimum absolute atomic E-state index is 0. The second-order valence-corrected chi connectivity index (χ2v) is 6.42. The highest BCUT2D eigenvalue weighted by atomic mass is 35.5. The van der Waals surface area contributed by atoms with Crippen molar-refractivity contribution in [2.24, 2.45) is 11.8 Å². The van der Waals surface area contributed by atoms with Crippen LogP contribution in [0.1, 0.15) is 18.4 Å². The second kappa shape index (κ2) is 6.81. The van der Waals surface area contributed by atoms with Gasteiger partial charge in [0.15, 0.2) is 5.13 Å². The van der Waals surface area contributed by atoms with Crippen LogP contribution in [0.15, 0.2) is 15.9 Å². The molecule has 0 spiro atoms. The van der Waals surface area contributed by atoms with Gasteiger partial charge in [0, 0.05) is 16.9 Å². The van der Waals surface area contributed by atoms with Gasteiger partial charge in [-0.25, -0.2) is 4.98 Å². The molecule has 1 fully saturated rings. The largest absolute Gasteiger partial charge is 0.466 e. The van der Waals surface area contributed by atoms with Crippen LogP contribution < -0.4 is 10.6 Å². The number of thiazole rings is 1. The van der Waals surface area contributed by atoms with Crippen LogP contribution in [0.3, 0.4) is 0 Å². The van der Waals surface area contributed by atoms with Crippen molar-refractivity contribution in [3.8, 4) is 11.3 Å². The fourth-order valence-corrected chi connectivity index (χ4v) is 3.15. The first-order valence-corrected chi connectivity index (χ1v) is 7.97. The number of aromatic nitrogens is 1. The van der Waals surface area contributed by atoms with Crippen LogP contribution in [0.25, 0.3) is 11.3 Å². The third-order valence-electron chi connectivity index (χ3n) is 3.98. The smallest absolute Gasteiger partial charge is 0.229 e. The van der Waals surface area contributed by atoms with E-state index in [1.807, 2.05) is 32.2 Å². The van der Waals surface area contributed by atoms with E-state index in [0.717, 1.165) is 35.9 Å². The van der Waals surface area contributed by atoms with E-state index in [0.29, 0.717) is 11.0 Å². The number of anilines is 1. The van der Waals surface area contributed by atoms with Gasteiger partial charge < -0.3 is 15.1 Å². The minimum Gasteiger partial charge on any atom is -0.466 e. The first kappa shape index (κ1) is 17.0. The number of carbonyl (C=O) groups is 1. The van der Waals surface area contributed by atoms with Crippen molar-refractivity contribution < 1.29 is 9.21 Å². The lowest BCUT2D eigenvalue weighted by molar-refractivity contribution is -0.121. The maximum Gasteiger partial charge on any atom is 0.229 e. The molecule has 1 unspecified atom stereocenters. The predicted molar refractivity (Wildman–Crippen MR) is 90.7 cm³/mol. The normalized spacial score (nSPS) is 15.8. The maximum absolute atomic E-state index is 12.2. The molecule has 1 saturated heterocycles. The lowest BCUT2D eigenvalue weighted by Gasteiger charge is -2.31. The molecular formula is C15H20ClN3O2S. The van der Waals surface area contributed by atoms with Crippen LogP contribution in [0, 0.1) is 25.7 Å². The Labute approximate surface area is 139 Å². The molecule has 2 N–H and O–H groups in total. The van der Waals surface area contributed by atoms with Crippen LogP contribution in [0.5, 0.6) is 0 Å². The van der Waals surface area contributed by atoms with E-state index in [9.17, 15) is 4.79 Å². The summed E-state index contributed by atoms with van der Waals surface area (Å²) >= 11 is 1.45. The van der Waals surface area contributed by atoms with Crippen molar-refractivity contribution in [1.29, 1.82) is 0 Å². The quantitative estimate of drug-likeness (QED) is 0.896. The SMILES string of the molecule is Cc1cc(-c2csc(NC(=O)C(C)C3CNC3)n2)c(C)o1.Cl. The van der Waals surface area contributed by atoms with Gasteiger partial charge in [-0.05, 0) is 38.9 Å². The van der Waals surface area contributed by atoms with Crippen molar-refractivity contribution in [2.45, 2.75) is 20.8 Å². The van der Waals surface area contributed by atoms with E-state index in [1.165, 1.54) is 11.3 Å². The Balaban J connectivity index is 0.00000176. The molecule has 1 aliphatic heterocycles. The zero-order valence-corrected chi connectivity index (χ0v) is 14.4. The van der Waals surface area contributed by atoms with Gasteiger partial charge in [-0.3, -0.25) is 4.79 Å². The molecule has 0 aliphatic carbocycles. The van der Waals surface area contributed by atoms with Gasteiger partial charge in [0.25, 0.3) is 0 Å². The Morgan fingerprint density at radius 1 is 1.50 bits per heavy atom. The number of carbonyl (C=O) groups excluding carboxylic acids is 1. The van der Waals surface area contributed by atoms with Gasteiger partial charge in [-0.2, -0.15) is 0 Å². The Kier molecular flexibility index (Phi) is 5.26. The highest BCUT2D eigenvalue weighted by Crippen LogP contribution is 2.30. The number of furan rings is 1. The zero-order chi connectivity index (χ0) is 15.0. The molecule has 1 aliphatic rings. The van der Waals surface area contributed by atoms with Gasteiger partial charge in [-0.15, -0.1) is 23.7 Å². The third kappa shape index (κ3) is 3.34. The monoisotopic (exact) mass is 341 g/mol. The summed E-state index contributed by atoms with van der Waals surface area (Å²) in [5.41, 5.74) is 1.84. The van der Waals surface area contributed by atoms with E-state index in [2.05, 4.69) is 15.6 Å². The molecule has 2 aromatic rings. The summed E-state index contributed by atoms with van der Waals surface area (Å²) in [5.74, 6) is 2.21. The fourth-order valence-electron chi connectivity index (χ4n) is 2.44. The van der Waals surface area contributed by atoms with Gasteiger partial charge in [0.1, 0.15) is 11.5 Å². The van der Waals surface area contributed by atoms with Crippen molar-refractivity contribution in [3.63, 3.8) is 0 Å². The molecule has 1 atom stereocenters. The summed E-state index contributed by atoms with van der Waals surface area (Å²) in [7, 11) is 0. The van der Waals surface area contributed by atoms with Crippen molar-refractivity contribution in [1.82, 2.24) is 10.3 Å². The number of nitrogens with one attached hydrogen (secondary N) is 2. The highest BCUT2D eigenvalue weighted by molar-refractivity contribution is 7.14. The van der Waals surface area contributed by atoms with E-state index in [1.54, 1.807) is 0 Å². The zero-order valence-electron chi connectivity index (χ0n) is 12.8. The molecule has 3 heterocycles. The number of hydrogen-bond acceptors (Lipinski definition) is 5. The predicted octanol–water partition coefficient (Wildman–Crippen LogP) is 3.24. The maximum atomic E-state index is 12.2. The van der Waals surface area contributed by atoms with Crippen LogP contribution in [-0.4, -0.2) is 24.0 Å². The summed E-state index contributed by atoms with van der Waals surface area (Å²) < 4.78 is 5.52. The molecule has 0 radical (unpaired) electrons. The number of hydrogen-bond donors (Lipinski definition) is 2. The topological polar surface area (TPSA) is 67.2 Å². The fraction of sp³-hybridized carbons (Fsp3) is 0.467. The Morgan fingerprint density at radius 2 is 2.23 bits per heavy atom. The number of halogens is 1. The first-order valence-electron chi connectivity index (χ1n) is 7.09. The number of amides is 1. The van der Waals surface area contributed by atoms with Crippen LogP contribution >= 0.6 is 23.7 Å². The summed E-state index contributed by atoms with van der Waals surface area (Å²) in [6.45, 7) is 7.65. The average Bonchev–Trinajstić information content (AvgIpc) is 2.93. The molecule has 2 aromatic heterocycles. The Bertz CT molecular complexity index is 664. The van der Waals surface area contributed by atoms with Crippen LogP contribution in [-0.2, 0) is 4.79 Å². The second-order valence-electron chi connectivity index (χ2n) is 5.56. The summed E-state index contributed by atoms with van der Waals surface area (Å²) in [6.07, 6.45) is 0. The van der Waals surface area contributed by atoms with Crippen molar-refractivity contribution in [3.05, 3.63) is 23.0 Å². The van der Waals surface area contributed by atoms with E-state index < -0.39 is 0 Å². The van der Waals surface area contributed by atoms with Gasteiger partial charge >= 0.3 is 0 Å². The van der Waals surface area contributed by atoms with Crippen molar-refractivity contribution in [2.75, 3.05) is 18.4 Å². The summed E-state index contributed by atoms with van der Waals surface area (Å²) in [5, 5.41) is 8.70. The standard InChI is InChI=1S/C15H19N3O2S.ClH/c1-8-4-12(10(3)20-8)13-7-21-15(17-13)18-14(19)9(2)11-5-16-6-11;/h4,7,9,11,16H,5-6H2,1-3H3,(H,17,18,19);1H. The Hall–Kier alpha value is -1.37. The lowest BCUT2D eigenvalue weighted by atomic mass is 9.88. The first-order chi connectivity index (χ1) is 10.0. The van der Waals surface area contributed by atoms with E-state index in [-0.39, 0.29) is 24.2 Å². The van der Waals surface area contributed by atoms with Gasteiger partial charge in [-0.1, -0.05) is 6.92 Å². The molecule has 0 bridgehead atoms. The summed E-state index contributed by atoms with van der Waals surface area (Å²) in [6, 6.07) is 1.97. The molecule has 1 amide bonds. The number of aryl methyl sites for hydroxylation is 2. The molecule has 5 nitrogen and oxygen atoms in total. The Morgan fingerprint density at radius 3 is 2.77 bits per heavy atom. The van der Waals surface area contributed by atoms with Gasteiger partial charge in [0.2, 0.25) is 5.91 Å². The molecule has 0 saturated carbocycles. The third-order valence-corrected chi connectivity index (χ3v) is 4.74. The average molecular weight is 342 g/mol. The number of rotatable bonds is 4. The molecule has 3 rings (SSSR count). The highest BCUT2D eigenvalue weighted by Gasteiger charge is 2.29. The molecule has 120 valence electrons. The van der Waals surface area contributed by atoms with Crippen LogP contribution in [0.4, 0.5) is 5.13 Å². The minimum atomic E-state index is 0. The molecule has 7 heteroatoms. The van der Waals surface area contributed by atoms with Crippen molar-refractivity contribution >= 4 is 34.8 Å². The van der Waals surface area contributed by atoms with Gasteiger partial charge in [0.05, 0.1) is 5.69 Å². The lowest BCUT2D eigenvalue weighted by Crippen LogP contribution is -2.48. The molecule has 0 aromatic carbocycles. The van der Waals surface area contributed by atoms with E-state index >= 15 is 0 Å². The molecular weight excluding hydrogens is 322 g/mol.